The minimum absolute atomic E-state index is 0.0443. The first kappa shape index (κ1) is 21.7. The molecule has 12 heteroatoms. The number of carbonyl (C=O) groups excluding carboxylic acids is 3. The number of cyclic esters (lactones) is 1. The van der Waals surface area contributed by atoms with Crippen molar-refractivity contribution >= 4 is 29.3 Å². The maximum atomic E-state index is 14.7. The smallest absolute Gasteiger partial charge is 0.414 e. The average Bonchev–Trinajstić information content (AvgIpc) is 3.01. The second kappa shape index (κ2) is 8.36. The van der Waals surface area contributed by atoms with E-state index in [0.717, 1.165) is 6.07 Å². The molecular formula is C18H20F4N4O4. The molecule has 2 heterocycles. The first-order valence-corrected chi connectivity index (χ1v) is 9.15. The number of benzene rings is 1. The predicted molar refractivity (Wildman–Crippen MR) is 97.5 cm³/mol. The van der Waals surface area contributed by atoms with Gasteiger partial charge in [0.1, 0.15) is 18.5 Å². The predicted octanol–water partition coefficient (Wildman–Crippen LogP) is 1.50. The third kappa shape index (κ3) is 5.10. The Kier molecular flexibility index (Phi) is 6.04. The molecule has 0 spiro atoms. The van der Waals surface area contributed by atoms with Crippen molar-refractivity contribution in [2.24, 2.45) is 0 Å². The van der Waals surface area contributed by atoms with Gasteiger partial charge in [-0.2, -0.15) is 13.2 Å². The van der Waals surface area contributed by atoms with Crippen LogP contribution in [0.5, 0.6) is 0 Å². The van der Waals surface area contributed by atoms with Crippen molar-refractivity contribution in [3.63, 3.8) is 0 Å². The van der Waals surface area contributed by atoms with E-state index in [1.807, 2.05) is 0 Å². The molecule has 1 atom stereocenters. The van der Waals surface area contributed by atoms with Crippen LogP contribution in [0.3, 0.4) is 0 Å². The zero-order valence-electron chi connectivity index (χ0n) is 16.0. The van der Waals surface area contributed by atoms with Crippen molar-refractivity contribution < 1.29 is 36.7 Å². The van der Waals surface area contributed by atoms with E-state index in [2.05, 4.69) is 5.32 Å². The van der Waals surface area contributed by atoms with Crippen molar-refractivity contribution in [1.29, 1.82) is 0 Å². The monoisotopic (exact) mass is 432 g/mol. The van der Waals surface area contributed by atoms with Gasteiger partial charge in [-0.15, -0.1) is 0 Å². The van der Waals surface area contributed by atoms with E-state index >= 15 is 0 Å². The molecule has 1 aromatic rings. The quantitative estimate of drug-likeness (QED) is 0.714. The number of carbonyl (C=O) groups is 3. The van der Waals surface area contributed by atoms with Gasteiger partial charge in [0.2, 0.25) is 11.8 Å². The lowest BCUT2D eigenvalue weighted by molar-refractivity contribution is -0.161. The Morgan fingerprint density at radius 2 is 2.00 bits per heavy atom. The van der Waals surface area contributed by atoms with Crippen LogP contribution in [0.2, 0.25) is 0 Å². The highest BCUT2D eigenvalue weighted by atomic mass is 19.4. The first-order chi connectivity index (χ1) is 14.0. The van der Waals surface area contributed by atoms with E-state index in [9.17, 15) is 31.9 Å². The maximum Gasteiger partial charge on any atom is 0.414 e. The second-order valence-electron chi connectivity index (χ2n) is 7.04. The van der Waals surface area contributed by atoms with Gasteiger partial charge in [0.05, 0.1) is 31.0 Å². The van der Waals surface area contributed by atoms with Gasteiger partial charge in [0.15, 0.2) is 0 Å². The van der Waals surface area contributed by atoms with Crippen molar-refractivity contribution in [3.8, 4) is 0 Å². The highest BCUT2D eigenvalue weighted by Crippen LogP contribution is 2.29. The van der Waals surface area contributed by atoms with Crippen LogP contribution in [0.4, 0.5) is 33.7 Å². The third-order valence-electron chi connectivity index (χ3n) is 4.73. The minimum Gasteiger partial charge on any atom is -0.442 e. The second-order valence-corrected chi connectivity index (χ2v) is 7.04. The van der Waals surface area contributed by atoms with Crippen LogP contribution < -0.4 is 15.1 Å². The van der Waals surface area contributed by atoms with Crippen molar-refractivity contribution in [1.82, 2.24) is 10.2 Å². The molecule has 2 aliphatic rings. The van der Waals surface area contributed by atoms with Gasteiger partial charge in [-0.05, 0) is 18.2 Å². The molecule has 0 radical (unpaired) electrons. The number of halogens is 4. The maximum absolute atomic E-state index is 14.7. The lowest BCUT2D eigenvalue weighted by Gasteiger charge is -2.36. The van der Waals surface area contributed by atoms with Crippen LogP contribution in [0, 0.1) is 5.82 Å². The molecule has 3 rings (SSSR count). The molecule has 1 aromatic carbocycles. The minimum atomic E-state index is -4.49. The number of anilines is 2. The van der Waals surface area contributed by atoms with E-state index in [1.165, 1.54) is 28.9 Å². The summed E-state index contributed by atoms with van der Waals surface area (Å²) >= 11 is 0. The Balaban J connectivity index is 1.65. The molecule has 0 bridgehead atoms. The van der Waals surface area contributed by atoms with E-state index in [0.29, 0.717) is 4.90 Å². The number of alkyl halides is 3. The summed E-state index contributed by atoms with van der Waals surface area (Å²) in [6.45, 7) is -0.272. The van der Waals surface area contributed by atoms with Gasteiger partial charge in [0.25, 0.3) is 0 Å². The molecule has 0 saturated carbocycles. The standard InChI is InChI=1S/C18H20F4N4O4/c1-11(27)23-7-13-8-26(17(29)30-13)12-2-3-15(14(19)6-12)24-4-5-25(16(28)9-24)10-18(20,21)22/h2-3,6,13H,4-5,7-10H2,1H3,(H,23,27)/t13-/m0/s1. The molecule has 0 unspecified atom stereocenters. The fourth-order valence-electron chi connectivity index (χ4n) is 3.31. The van der Waals surface area contributed by atoms with E-state index in [4.69, 9.17) is 4.74 Å². The van der Waals surface area contributed by atoms with Crippen LogP contribution in [-0.2, 0) is 14.3 Å². The van der Waals surface area contributed by atoms with Gasteiger partial charge in [-0.25, -0.2) is 9.18 Å². The summed E-state index contributed by atoms with van der Waals surface area (Å²) in [5.41, 5.74) is 0.287. The molecule has 2 saturated heterocycles. The Bertz CT molecular complexity index is 848. The molecule has 0 aromatic heterocycles. The Morgan fingerprint density at radius 3 is 2.60 bits per heavy atom. The van der Waals surface area contributed by atoms with Crippen molar-refractivity contribution in [3.05, 3.63) is 24.0 Å². The molecule has 3 amide bonds. The van der Waals surface area contributed by atoms with Crippen LogP contribution in [0.25, 0.3) is 0 Å². The summed E-state index contributed by atoms with van der Waals surface area (Å²) in [4.78, 5) is 38.3. The van der Waals surface area contributed by atoms with Crippen LogP contribution in [-0.4, -0.2) is 74.4 Å². The SMILES string of the molecule is CC(=O)NC[C@H]1CN(c2ccc(N3CCN(CC(F)(F)F)C(=O)C3)c(F)c2)C(=O)O1. The van der Waals surface area contributed by atoms with E-state index in [-0.39, 0.29) is 50.0 Å². The topological polar surface area (TPSA) is 82.2 Å². The molecule has 30 heavy (non-hydrogen) atoms. The number of hydrogen-bond donors (Lipinski definition) is 1. The third-order valence-corrected chi connectivity index (χ3v) is 4.73. The molecule has 164 valence electrons. The first-order valence-electron chi connectivity index (χ1n) is 9.15. The lowest BCUT2D eigenvalue weighted by atomic mass is 10.2. The number of nitrogens with one attached hydrogen (secondary N) is 1. The number of ether oxygens (including phenoxy) is 1. The summed E-state index contributed by atoms with van der Waals surface area (Å²) in [5.74, 6) is -1.74. The number of amides is 3. The molecular weight excluding hydrogens is 412 g/mol. The van der Waals surface area contributed by atoms with E-state index in [1.54, 1.807) is 0 Å². The van der Waals surface area contributed by atoms with Gasteiger partial charge in [-0.1, -0.05) is 0 Å². The number of piperazine rings is 1. The van der Waals surface area contributed by atoms with Crippen LogP contribution in [0.1, 0.15) is 6.92 Å². The van der Waals surface area contributed by atoms with E-state index < -0.39 is 36.6 Å². The molecule has 2 aliphatic heterocycles. The zero-order valence-corrected chi connectivity index (χ0v) is 16.0. The fourth-order valence-corrected chi connectivity index (χ4v) is 3.31. The van der Waals surface area contributed by atoms with Gasteiger partial charge in [-0.3, -0.25) is 14.5 Å². The van der Waals surface area contributed by atoms with Crippen molar-refractivity contribution in [2.45, 2.75) is 19.2 Å². The summed E-state index contributed by atoms with van der Waals surface area (Å²) < 4.78 is 57.3. The summed E-state index contributed by atoms with van der Waals surface area (Å²) in [5, 5.41) is 2.54. The van der Waals surface area contributed by atoms with Crippen molar-refractivity contribution in [2.75, 3.05) is 49.1 Å². The fraction of sp³-hybridized carbons (Fsp3) is 0.500. The Labute approximate surface area is 169 Å². The summed E-state index contributed by atoms with van der Waals surface area (Å²) in [6, 6.07) is 3.93. The number of hydrogen-bond acceptors (Lipinski definition) is 5. The van der Waals surface area contributed by atoms with Gasteiger partial charge >= 0.3 is 12.3 Å². The molecule has 1 N–H and O–H groups in total. The molecule has 0 aliphatic carbocycles. The largest absolute Gasteiger partial charge is 0.442 e. The Morgan fingerprint density at radius 1 is 1.27 bits per heavy atom. The normalized spacial score (nSPS) is 19.9. The van der Waals surface area contributed by atoms with Crippen LogP contribution in [0.15, 0.2) is 18.2 Å². The number of rotatable bonds is 5. The highest BCUT2D eigenvalue weighted by molar-refractivity contribution is 5.90. The summed E-state index contributed by atoms with van der Waals surface area (Å²) in [7, 11) is 0. The zero-order chi connectivity index (χ0) is 22.1. The van der Waals surface area contributed by atoms with Gasteiger partial charge < -0.3 is 19.9 Å². The molecule has 2 fully saturated rings. The van der Waals surface area contributed by atoms with Crippen LogP contribution >= 0.6 is 0 Å². The number of nitrogens with zero attached hydrogens (tertiary/aromatic N) is 3. The summed E-state index contributed by atoms with van der Waals surface area (Å²) in [6.07, 6.45) is -5.76. The lowest BCUT2D eigenvalue weighted by Crippen LogP contribution is -2.53. The van der Waals surface area contributed by atoms with Gasteiger partial charge in [0, 0.05) is 20.0 Å². The molecule has 8 nitrogen and oxygen atoms in total. The highest BCUT2D eigenvalue weighted by Gasteiger charge is 2.36. The average molecular weight is 432 g/mol. The Hall–Kier alpha value is -3.05.